The van der Waals surface area contributed by atoms with Gasteiger partial charge in [0.05, 0.1) is 11.1 Å². The summed E-state index contributed by atoms with van der Waals surface area (Å²) in [6.07, 6.45) is 0.226. The molecule has 0 bridgehead atoms. The predicted molar refractivity (Wildman–Crippen MR) is 75.4 cm³/mol. The molecule has 4 amide bonds. The van der Waals surface area contributed by atoms with Gasteiger partial charge in [-0.05, 0) is 31.5 Å². The molecule has 0 saturated carbocycles. The smallest absolute Gasteiger partial charge is 0.262 e. The number of nitrogens with one attached hydrogen (secondary N) is 1. The van der Waals surface area contributed by atoms with Gasteiger partial charge in [-0.2, -0.15) is 0 Å². The molecule has 1 aromatic carbocycles. The van der Waals surface area contributed by atoms with Gasteiger partial charge in [-0.3, -0.25) is 29.4 Å². The van der Waals surface area contributed by atoms with Crippen LogP contribution >= 0.6 is 15.9 Å². The molecule has 2 aliphatic rings. The fourth-order valence-electron chi connectivity index (χ4n) is 2.67. The average Bonchev–Trinajstić information content (AvgIpc) is 2.67. The summed E-state index contributed by atoms with van der Waals surface area (Å²) < 4.78 is 0.678. The van der Waals surface area contributed by atoms with Crippen molar-refractivity contribution in [3.05, 3.63) is 33.8 Å². The van der Waals surface area contributed by atoms with Gasteiger partial charge in [0.15, 0.2) is 0 Å². The minimum atomic E-state index is -1.34. The molecular formula is C14H11BrN2O4. The second-order valence-corrected chi connectivity index (χ2v) is 6.20. The van der Waals surface area contributed by atoms with Crippen LogP contribution < -0.4 is 5.32 Å². The summed E-state index contributed by atoms with van der Waals surface area (Å²) in [4.78, 5) is 49.4. The molecule has 108 valence electrons. The zero-order valence-electron chi connectivity index (χ0n) is 11.1. The maximum Gasteiger partial charge on any atom is 0.262 e. The van der Waals surface area contributed by atoms with Gasteiger partial charge in [0.25, 0.3) is 17.7 Å². The molecule has 0 aliphatic carbocycles. The largest absolute Gasteiger partial charge is 0.294 e. The van der Waals surface area contributed by atoms with Gasteiger partial charge >= 0.3 is 0 Å². The highest BCUT2D eigenvalue weighted by Crippen LogP contribution is 2.34. The molecule has 0 spiro atoms. The molecule has 6 nitrogen and oxygen atoms in total. The third kappa shape index (κ3) is 1.91. The number of hydrogen-bond acceptors (Lipinski definition) is 4. The zero-order valence-corrected chi connectivity index (χ0v) is 12.7. The van der Waals surface area contributed by atoms with Crippen LogP contribution in [0.25, 0.3) is 0 Å². The predicted octanol–water partition coefficient (Wildman–Crippen LogP) is 1.24. The lowest BCUT2D eigenvalue weighted by Crippen LogP contribution is -2.62. The standard InChI is InChI=1S/C14H11BrN2O4/c1-14(5-4-10(18)16-13(14)21)17-11(19)8-3-2-7(15)6-9(8)12(17)20/h2-3,6H,4-5H2,1H3,(H,16,18,21)/t14-/m0/s1. The number of amides is 4. The lowest BCUT2D eigenvalue weighted by atomic mass is 9.89. The fraction of sp³-hybridized carbons (Fsp3) is 0.286. The van der Waals surface area contributed by atoms with Gasteiger partial charge in [-0.1, -0.05) is 15.9 Å². The molecule has 1 N–H and O–H groups in total. The van der Waals surface area contributed by atoms with E-state index in [1.807, 2.05) is 0 Å². The number of carbonyl (C=O) groups is 4. The van der Waals surface area contributed by atoms with E-state index in [0.29, 0.717) is 4.47 Å². The number of rotatable bonds is 1. The number of hydrogen-bond donors (Lipinski definition) is 1. The number of benzene rings is 1. The van der Waals surface area contributed by atoms with E-state index >= 15 is 0 Å². The van der Waals surface area contributed by atoms with Gasteiger partial charge in [0.2, 0.25) is 5.91 Å². The SMILES string of the molecule is C[C@]1(N2C(=O)c3ccc(Br)cc3C2=O)CCC(=O)NC1=O. The number of fused-ring (bicyclic) bond motifs is 1. The molecule has 0 unspecified atom stereocenters. The van der Waals surface area contributed by atoms with Crippen LogP contribution in [-0.2, 0) is 9.59 Å². The summed E-state index contributed by atoms with van der Waals surface area (Å²) in [5.74, 6) is -2.03. The molecule has 1 saturated heterocycles. The van der Waals surface area contributed by atoms with Crippen molar-refractivity contribution in [2.24, 2.45) is 0 Å². The fourth-order valence-corrected chi connectivity index (χ4v) is 3.03. The van der Waals surface area contributed by atoms with E-state index < -0.39 is 29.2 Å². The number of nitrogens with zero attached hydrogens (tertiary/aromatic N) is 1. The second kappa shape index (κ2) is 4.49. The molecule has 3 rings (SSSR count). The Labute approximate surface area is 128 Å². The van der Waals surface area contributed by atoms with Crippen molar-refractivity contribution >= 4 is 39.6 Å². The number of halogens is 1. The van der Waals surface area contributed by atoms with Crippen LogP contribution in [0.3, 0.4) is 0 Å². The quantitative estimate of drug-likeness (QED) is 0.772. The maximum atomic E-state index is 12.5. The zero-order chi connectivity index (χ0) is 15.4. The Morgan fingerprint density at radius 2 is 1.81 bits per heavy atom. The van der Waals surface area contributed by atoms with Crippen molar-refractivity contribution in [3.63, 3.8) is 0 Å². The monoisotopic (exact) mass is 350 g/mol. The summed E-state index contributed by atoms with van der Waals surface area (Å²) in [5, 5.41) is 2.19. The Bertz CT molecular complexity index is 715. The minimum Gasteiger partial charge on any atom is -0.294 e. The Hall–Kier alpha value is -2.02. The summed E-state index contributed by atoms with van der Waals surface area (Å²) in [7, 11) is 0. The van der Waals surface area contributed by atoms with Crippen molar-refractivity contribution in [1.29, 1.82) is 0 Å². The van der Waals surface area contributed by atoms with E-state index in [4.69, 9.17) is 0 Å². The summed E-state index contributed by atoms with van der Waals surface area (Å²) in [6, 6.07) is 4.78. The van der Waals surface area contributed by atoms with Crippen LogP contribution in [0.15, 0.2) is 22.7 Å². The van der Waals surface area contributed by atoms with Crippen LogP contribution in [0.4, 0.5) is 0 Å². The molecule has 0 radical (unpaired) electrons. The van der Waals surface area contributed by atoms with Crippen molar-refractivity contribution in [2.45, 2.75) is 25.3 Å². The van der Waals surface area contributed by atoms with Gasteiger partial charge in [-0.15, -0.1) is 0 Å². The van der Waals surface area contributed by atoms with E-state index in [-0.39, 0.29) is 24.0 Å². The van der Waals surface area contributed by atoms with Crippen molar-refractivity contribution in [1.82, 2.24) is 10.2 Å². The first-order chi connectivity index (χ1) is 9.84. The summed E-state index contributed by atoms with van der Waals surface area (Å²) in [5.41, 5.74) is -0.803. The highest BCUT2D eigenvalue weighted by Gasteiger charge is 2.52. The van der Waals surface area contributed by atoms with Gasteiger partial charge < -0.3 is 0 Å². The Morgan fingerprint density at radius 1 is 1.14 bits per heavy atom. The molecule has 2 heterocycles. The molecule has 0 aromatic heterocycles. The summed E-state index contributed by atoms with van der Waals surface area (Å²) >= 11 is 3.26. The molecular weight excluding hydrogens is 340 g/mol. The van der Waals surface area contributed by atoms with Crippen molar-refractivity contribution in [3.8, 4) is 0 Å². The van der Waals surface area contributed by atoms with Crippen LogP contribution in [0.2, 0.25) is 0 Å². The third-order valence-corrected chi connectivity index (χ3v) is 4.42. The first-order valence-corrected chi connectivity index (χ1v) is 7.16. The highest BCUT2D eigenvalue weighted by molar-refractivity contribution is 9.10. The van der Waals surface area contributed by atoms with Gasteiger partial charge in [-0.25, -0.2) is 0 Å². The molecule has 1 fully saturated rings. The lowest BCUT2D eigenvalue weighted by molar-refractivity contribution is -0.140. The molecule has 1 aromatic rings. The van der Waals surface area contributed by atoms with Crippen molar-refractivity contribution in [2.75, 3.05) is 0 Å². The Balaban J connectivity index is 2.05. The molecule has 21 heavy (non-hydrogen) atoms. The second-order valence-electron chi connectivity index (χ2n) is 5.29. The van der Waals surface area contributed by atoms with E-state index in [0.717, 1.165) is 4.90 Å². The Kier molecular flexibility index (Phi) is 2.98. The first-order valence-electron chi connectivity index (χ1n) is 6.37. The normalized spacial score (nSPS) is 25.1. The Morgan fingerprint density at radius 3 is 2.48 bits per heavy atom. The molecule has 7 heteroatoms. The topological polar surface area (TPSA) is 83.6 Å². The maximum absolute atomic E-state index is 12.5. The van der Waals surface area contributed by atoms with Crippen LogP contribution in [-0.4, -0.2) is 34.1 Å². The summed E-state index contributed by atoms with van der Waals surface area (Å²) in [6.45, 7) is 1.51. The number of piperidine rings is 1. The lowest BCUT2D eigenvalue weighted by Gasteiger charge is -2.38. The van der Waals surface area contributed by atoms with E-state index in [1.54, 1.807) is 18.2 Å². The van der Waals surface area contributed by atoms with Gasteiger partial charge in [0.1, 0.15) is 5.54 Å². The van der Waals surface area contributed by atoms with Gasteiger partial charge in [0, 0.05) is 10.9 Å². The van der Waals surface area contributed by atoms with E-state index in [1.165, 1.54) is 6.92 Å². The van der Waals surface area contributed by atoms with Crippen LogP contribution in [0, 0.1) is 0 Å². The van der Waals surface area contributed by atoms with Crippen LogP contribution in [0.5, 0.6) is 0 Å². The molecule has 1 atom stereocenters. The van der Waals surface area contributed by atoms with E-state index in [2.05, 4.69) is 21.2 Å². The number of imide groups is 2. The van der Waals surface area contributed by atoms with E-state index in [9.17, 15) is 19.2 Å². The van der Waals surface area contributed by atoms with Crippen molar-refractivity contribution < 1.29 is 19.2 Å². The molecule has 2 aliphatic heterocycles. The number of carbonyl (C=O) groups excluding carboxylic acids is 4. The average molecular weight is 351 g/mol. The highest BCUT2D eigenvalue weighted by atomic mass is 79.9. The third-order valence-electron chi connectivity index (χ3n) is 3.92. The first kappa shape index (κ1) is 13.9. The minimum absolute atomic E-state index is 0.0966. The van der Waals surface area contributed by atoms with Crippen LogP contribution in [0.1, 0.15) is 40.5 Å².